The van der Waals surface area contributed by atoms with Gasteiger partial charge in [0.25, 0.3) is 0 Å². The lowest BCUT2D eigenvalue weighted by Crippen LogP contribution is -2.40. The van der Waals surface area contributed by atoms with Crippen molar-refractivity contribution >= 4 is 10.0 Å². The lowest BCUT2D eigenvalue weighted by molar-refractivity contribution is 0.239. The fourth-order valence-electron chi connectivity index (χ4n) is 2.85. The van der Waals surface area contributed by atoms with E-state index in [0.717, 1.165) is 37.9 Å². The van der Waals surface area contributed by atoms with Gasteiger partial charge in [-0.25, -0.2) is 12.7 Å². The van der Waals surface area contributed by atoms with Gasteiger partial charge in [0.15, 0.2) is 0 Å². The molecule has 0 aromatic carbocycles. The first-order chi connectivity index (χ1) is 9.44. The molecule has 1 aromatic rings. The van der Waals surface area contributed by atoms with Crippen LogP contribution in [0, 0.1) is 5.92 Å². The molecule has 1 unspecified atom stereocenters. The highest BCUT2D eigenvalue weighted by Crippen LogP contribution is 2.21. The van der Waals surface area contributed by atoms with Gasteiger partial charge in [0.05, 0.1) is 11.9 Å². The molecule has 1 aliphatic heterocycles. The SMILES string of the molecule is CCc1cc(CC)n(CC2CCCN(S(C)(=O)=O)C2)n1. The van der Waals surface area contributed by atoms with Crippen molar-refractivity contribution in [2.75, 3.05) is 19.3 Å². The fourth-order valence-corrected chi connectivity index (χ4v) is 3.79. The molecule has 0 bridgehead atoms. The summed E-state index contributed by atoms with van der Waals surface area (Å²) in [5.41, 5.74) is 2.37. The van der Waals surface area contributed by atoms with Gasteiger partial charge >= 0.3 is 0 Å². The lowest BCUT2D eigenvalue weighted by Gasteiger charge is -2.31. The highest BCUT2D eigenvalue weighted by atomic mass is 32.2. The second-order valence-electron chi connectivity index (χ2n) is 5.65. The van der Waals surface area contributed by atoms with Crippen LogP contribution in [0.2, 0.25) is 0 Å². The maximum Gasteiger partial charge on any atom is 0.211 e. The van der Waals surface area contributed by atoms with Crippen molar-refractivity contribution in [1.29, 1.82) is 0 Å². The van der Waals surface area contributed by atoms with Gasteiger partial charge in [0, 0.05) is 25.3 Å². The van der Waals surface area contributed by atoms with Crippen LogP contribution in [0.1, 0.15) is 38.1 Å². The molecule has 0 amide bonds. The molecular weight excluding hydrogens is 274 g/mol. The van der Waals surface area contributed by atoms with E-state index in [0.29, 0.717) is 19.0 Å². The minimum absolute atomic E-state index is 0.369. The molecule has 1 atom stereocenters. The summed E-state index contributed by atoms with van der Waals surface area (Å²) < 4.78 is 27.0. The first-order valence-electron chi connectivity index (χ1n) is 7.44. The molecule has 1 fully saturated rings. The molecule has 114 valence electrons. The first kappa shape index (κ1) is 15.5. The van der Waals surface area contributed by atoms with Crippen LogP contribution in [-0.2, 0) is 29.4 Å². The standard InChI is InChI=1S/C14H25N3O2S/c1-4-13-9-14(5-2)17(15-13)11-12-7-6-8-16(10-12)20(3,18)19/h9,12H,4-8,10-11H2,1-3H3. The van der Waals surface area contributed by atoms with Crippen molar-refractivity contribution in [2.24, 2.45) is 5.92 Å². The molecule has 5 nitrogen and oxygen atoms in total. The van der Waals surface area contributed by atoms with Gasteiger partial charge in [0.1, 0.15) is 0 Å². The van der Waals surface area contributed by atoms with E-state index in [1.165, 1.54) is 11.9 Å². The van der Waals surface area contributed by atoms with Crippen LogP contribution in [0.5, 0.6) is 0 Å². The molecule has 20 heavy (non-hydrogen) atoms. The maximum atomic E-state index is 11.7. The van der Waals surface area contributed by atoms with Gasteiger partial charge in [-0.3, -0.25) is 4.68 Å². The molecule has 0 radical (unpaired) electrons. The molecule has 1 aromatic heterocycles. The Labute approximate surface area is 122 Å². The number of hydrogen-bond acceptors (Lipinski definition) is 3. The summed E-state index contributed by atoms with van der Waals surface area (Å²) in [7, 11) is -3.06. The summed E-state index contributed by atoms with van der Waals surface area (Å²) in [5.74, 6) is 0.369. The number of hydrogen-bond donors (Lipinski definition) is 0. The zero-order valence-electron chi connectivity index (χ0n) is 12.7. The third-order valence-electron chi connectivity index (χ3n) is 4.02. The van der Waals surface area contributed by atoms with Crippen LogP contribution in [0.15, 0.2) is 6.07 Å². The van der Waals surface area contributed by atoms with Gasteiger partial charge in [0.2, 0.25) is 10.0 Å². The van der Waals surface area contributed by atoms with Crippen molar-refractivity contribution < 1.29 is 8.42 Å². The highest BCUT2D eigenvalue weighted by molar-refractivity contribution is 7.88. The Hall–Kier alpha value is -0.880. The summed E-state index contributed by atoms with van der Waals surface area (Å²) in [6, 6.07) is 2.16. The molecule has 1 saturated heterocycles. The zero-order valence-corrected chi connectivity index (χ0v) is 13.5. The van der Waals surface area contributed by atoms with Crippen LogP contribution in [-0.4, -0.2) is 41.8 Å². The second kappa shape index (κ2) is 6.26. The number of aromatic nitrogens is 2. The maximum absolute atomic E-state index is 11.7. The van der Waals surface area contributed by atoms with E-state index in [1.54, 1.807) is 4.31 Å². The van der Waals surface area contributed by atoms with Crippen molar-refractivity contribution in [3.05, 3.63) is 17.5 Å². The predicted molar refractivity (Wildman–Crippen MR) is 80.1 cm³/mol. The third-order valence-corrected chi connectivity index (χ3v) is 5.29. The van der Waals surface area contributed by atoms with Crippen molar-refractivity contribution in [3.8, 4) is 0 Å². The number of aryl methyl sites for hydroxylation is 2. The zero-order chi connectivity index (χ0) is 14.8. The Morgan fingerprint density at radius 3 is 2.70 bits per heavy atom. The smallest absolute Gasteiger partial charge is 0.211 e. The molecule has 1 aliphatic rings. The summed E-state index contributed by atoms with van der Waals surface area (Å²) in [4.78, 5) is 0. The van der Waals surface area contributed by atoms with E-state index in [9.17, 15) is 8.42 Å². The van der Waals surface area contributed by atoms with Gasteiger partial charge in [-0.1, -0.05) is 13.8 Å². The van der Waals surface area contributed by atoms with Crippen LogP contribution < -0.4 is 0 Å². The Kier molecular flexibility index (Phi) is 4.86. The molecule has 0 aliphatic carbocycles. The van der Waals surface area contributed by atoms with Crippen LogP contribution in [0.4, 0.5) is 0 Å². The second-order valence-corrected chi connectivity index (χ2v) is 7.63. The quantitative estimate of drug-likeness (QED) is 0.831. The summed E-state index contributed by atoms with van der Waals surface area (Å²) in [6.07, 6.45) is 5.24. The molecule has 0 saturated carbocycles. The molecule has 0 N–H and O–H groups in total. The first-order valence-corrected chi connectivity index (χ1v) is 9.29. The Bertz CT molecular complexity index is 551. The van der Waals surface area contributed by atoms with Crippen molar-refractivity contribution in [3.63, 3.8) is 0 Å². The molecular formula is C14H25N3O2S. The Morgan fingerprint density at radius 2 is 2.10 bits per heavy atom. The fraction of sp³-hybridized carbons (Fsp3) is 0.786. The average molecular weight is 299 g/mol. The van der Waals surface area contributed by atoms with Gasteiger partial charge in [-0.05, 0) is 37.7 Å². The van der Waals surface area contributed by atoms with E-state index >= 15 is 0 Å². The van der Waals surface area contributed by atoms with E-state index < -0.39 is 10.0 Å². The molecule has 2 heterocycles. The minimum Gasteiger partial charge on any atom is -0.269 e. The average Bonchev–Trinajstić information content (AvgIpc) is 2.80. The van der Waals surface area contributed by atoms with Crippen LogP contribution in [0.25, 0.3) is 0 Å². The van der Waals surface area contributed by atoms with Crippen molar-refractivity contribution in [2.45, 2.75) is 46.1 Å². The normalized spacial score (nSPS) is 21.2. The summed E-state index contributed by atoms with van der Waals surface area (Å²) >= 11 is 0. The third kappa shape index (κ3) is 3.61. The molecule has 6 heteroatoms. The number of sulfonamides is 1. The largest absolute Gasteiger partial charge is 0.269 e. The van der Waals surface area contributed by atoms with Crippen LogP contribution in [0.3, 0.4) is 0 Å². The lowest BCUT2D eigenvalue weighted by atomic mass is 10.00. The number of piperidine rings is 1. The number of nitrogens with zero attached hydrogens (tertiary/aromatic N) is 3. The Balaban J connectivity index is 2.08. The van der Waals surface area contributed by atoms with E-state index in [2.05, 4.69) is 29.7 Å². The molecule has 2 rings (SSSR count). The van der Waals surface area contributed by atoms with Gasteiger partial charge in [-0.2, -0.15) is 5.10 Å². The monoisotopic (exact) mass is 299 g/mol. The topological polar surface area (TPSA) is 55.2 Å². The van der Waals surface area contributed by atoms with Crippen molar-refractivity contribution in [1.82, 2.24) is 14.1 Å². The van der Waals surface area contributed by atoms with Gasteiger partial charge < -0.3 is 0 Å². The van der Waals surface area contributed by atoms with Crippen LogP contribution >= 0.6 is 0 Å². The minimum atomic E-state index is -3.06. The molecule has 0 spiro atoms. The highest BCUT2D eigenvalue weighted by Gasteiger charge is 2.26. The van der Waals surface area contributed by atoms with E-state index in [-0.39, 0.29) is 0 Å². The number of rotatable bonds is 5. The van der Waals surface area contributed by atoms with Gasteiger partial charge in [-0.15, -0.1) is 0 Å². The Morgan fingerprint density at radius 1 is 1.35 bits per heavy atom. The van der Waals surface area contributed by atoms with E-state index in [4.69, 9.17) is 0 Å². The summed E-state index contributed by atoms with van der Waals surface area (Å²) in [6.45, 7) is 6.36. The summed E-state index contributed by atoms with van der Waals surface area (Å²) in [5, 5.41) is 4.63. The predicted octanol–water partition coefficient (Wildman–Crippen LogP) is 1.68. The van der Waals surface area contributed by atoms with E-state index in [1.807, 2.05) is 0 Å².